The number of ether oxygens (including phenoxy) is 1. The molecular formula is C13H25N3O2. The van der Waals surface area contributed by atoms with Gasteiger partial charge in [0.25, 0.3) is 0 Å². The number of rotatable bonds is 6. The number of likely N-dealkylation sites (N-methyl/N-ethyl adjacent to an activating group) is 1. The van der Waals surface area contributed by atoms with Gasteiger partial charge in [0, 0.05) is 19.1 Å². The number of carbonyl (C=O) groups is 1. The molecule has 1 aliphatic carbocycles. The molecule has 0 aromatic heterocycles. The highest BCUT2D eigenvalue weighted by Crippen LogP contribution is 2.40. The normalized spacial score (nSPS) is 28.9. The van der Waals surface area contributed by atoms with Crippen LogP contribution in [0, 0.1) is 5.92 Å². The third-order valence-electron chi connectivity index (χ3n) is 4.16. The molecule has 0 radical (unpaired) electrons. The Balaban J connectivity index is 2.10. The summed E-state index contributed by atoms with van der Waals surface area (Å²) in [7, 11) is 0. The molecule has 2 atom stereocenters. The van der Waals surface area contributed by atoms with Crippen LogP contribution in [-0.2, 0) is 9.53 Å². The molecule has 2 aliphatic rings. The van der Waals surface area contributed by atoms with Crippen LogP contribution in [0.2, 0.25) is 0 Å². The lowest BCUT2D eigenvalue weighted by molar-refractivity contribution is -0.127. The van der Waals surface area contributed by atoms with E-state index in [-0.39, 0.29) is 5.91 Å². The molecule has 5 heteroatoms. The number of nitrogens with two attached hydrogens (primary N) is 1. The number of hydrogen-bond acceptors (Lipinski definition) is 4. The summed E-state index contributed by atoms with van der Waals surface area (Å²) in [5, 5.41) is 3.37. The first-order chi connectivity index (χ1) is 8.60. The monoisotopic (exact) mass is 255 g/mol. The number of hydrogen-bond donors (Lipinski definition) is 2. The minimum Gasteiger partial charge on any atom is -0.379 e. The van der Waals surface area contributed by atoms with Crippen molar-refractivity contribution in [3.63, 3.8) is 0 Å². The number of morpholine rings is 1. The van der Waals surface area contributed by atoms with Crippen LogP contribution in [0.25, 0.3) is 0 Å². The van der Waals surface area contributed by atoms with Gasteiger partial charge in [-0.1, -0.05) is 6.92 Å². The van der Waals surface area contributed by atoms with Crippen LogP contribution in [0.15, 0.2) is 0 Å². The molecule has 104 valence electrons. The van der Waals surface area contributed by atoms with E-state index < -0.39 is 5.54 Å². The molecular weight excluding hydrogens is 230 g/mol. The summed E-state index contributed by atoms with van der Waals surface area (Å²) in [5.41, 5.74) is 5.16. The van der Waals surface area contributed by atoms with Gasteiger partial charge >= 0.3 is 0 Å². The first-order valence-corrected chi connectivity index (χ1v) is 6.97. The average molecular weight is 255 g/mol. The number of nitrogens with one attached hydrogen (secondary N) is 1. The first kappa shape index (κ1) is 13.8. The Bertz CT molecular complexity index is 307. The minimum atomic E-state index is -0.541. The summed E-state index contributed by atoms with van der Waals surface area (Å²) in [6.07, 6.45) is 2.21. The Hall–Kier alpha value is -0.650. The second-order valence-corrected chi connectivity index (χ2v) is 5.53. The second kappa shape index (κ2) is 5.55. The zero-order chi connectivity index (χ0) is 13.2. The van der Waals surface area contributed by atoms with Crippen LogP contribution >= 0.6 is 0 Å². The minimum absolute atomic E-state index is 0.203. The summed E-state index contributed by atoms with van der Waals surface area (Å²) < 4.78 is 5.44. The van der Waals surface area contributed by atoms with Crippen LogP contribution in [0.1, 0.15) is 26.7 Å². The second-order valence-electron chi connectivity index (χ2n) is 5.53. The maximum Gasteiger partial charge on any atom is 0.239 e. The fourth-order valence-corrected chi connectivity index (χ4v) is 2.90. The zero-order valence-electron chi connectivity index (χ0n) is 11.4. The van der Waals surface area contributed by atoms with Crippen molar-refractivity contribution in [2.45, 2.75) is 38.3 Å². The van der Waals surface area contributed by atoms with Gasteiger partial charge in [-0.25, -0.2) is 0 Å². The molecule has 1 saturated carbocycles. The summed E-state index contributed by atoms with van der Waals surface area (Å²) in [5.74, 6) is 0.204. The van der Waals surface area contributed by atoms with E-state index in [1.54, 1.807) is 0 Å². The van der Waals surface area contributed by atoms with Crippen molar-refractivity contribution in [2.24, 2.45) is 11.7 Å². The van der Waals surface area contributed by atoms with Crippen molar-refractivity contribution in [3.05, 3.63) is 0 Å². The van der Waals surface area contributed by atoms with Crippen molar-refractivity contribution in [3.8, 4) is 0 Å². The summed E-state index contributed by atoms with van der Waals surface area (Å²) in [4.78, 5) is 14.3. The van der Waals surface area contributed by atoms with Gasteiger partial charge in [0.05, 0.1) is 13.2 Å². The van der Waals surface area contributed by atoms with Crippen molar-refractivity contribution in [1.29, 1.82) is 0 Å². The van der Waals surface area contributed by atoms with E-state index in [0.717, 1.165) is 39.1 Å². The highest BCUT2D eigenvalue weighted by atomic mass is 16.5. The number of primary amides is 1. The molecule has 0 bridgehead atoms. The van der Waals surface area contributed by atoms with Crippen LogP contribution in [-0.4, -0.2) is 55.2 Å². The maximum absolute atomic E-state index is 12.0. The van der Waals surface area contributed by atoms with Gasteiger partial charge in [-0.05, 0) is 32.2 Å². The predicted octanol–water partition coefficient (Wildman–Crippen LogP) is -0.0493. The van der Waals surface area contributed by atoms with Crippen LogP contribution < -0.4 is 11.1 Å². The van der Waals surface area contributed by atoms with E-state index in [1.165, 1.54) is 0 Å². The largest absolute Gasteiger partial charge is 0.379 e. The number of nitrogens with zero attached hydrogens (tertiary/aromatic N) is 1. The molecule has 2 fully saturated rings. The van der Waals surface area contributed by atoms with Crippen molar-refractivity contribution in [2.75, 3.05) is 32.8 Å². The van der Waals surface area contributed by atoms with Gasteiger partial charge in [-0.15, -0.1) is 0 Å². The average Bonchev–Trinajstić information content (AvgIpc) is 3.15. The van der Waals surface area contributed by atoms with Crippen molar-refractivity contribution >= 4 is 5.91 Å². The molecule has 18 heavy (non-hydrogen) atoms. The van der Waals surface area contributed by atoms with Gasteiger partial charge in [0.15, 0.2) is 0 Å². The molecule has 1 heterocycles. The predicted molar refractivity (Wildman–Crippen MR) is 70.2 cm³/mol. The lowest BCUT2D eigenvalue weighted by Gasteiger charge is -2.41. The quantitative estimate of drug-likeness (QED) is 0.698. The van der Waals surface area contributed by atoms with E-state index in [1.807, 2.05) is 6.92 Å². The van der Waals surface area contributed by atoms with E-state index in [2.05, 4.69) is 17.1 Å². The third kappa shape index (κ3) is 2.68. The summed E-state index contributed by atoms with van der Waals surface area (Å²) >= 11 is 0. The third-order valence-corrected chi connectivity index (χ3v) is 4.16. The van der Waals surface area contributed by atoms with Crippen LogP contribution in [0.4, 0.5) is 0 Å². The standard InChI is InChI=1S/C13H25N3O2/c1-3-15-13(12(14)17,11-4-5-11)9-16-6-7-18-8-10(16)2/h10-11,15H,3-9H2,1-2H3,(H2,14,17). The van der Waals surface area contributed by atoms with Gasteiger partial charge < -0.3 is 15.8 Å². The summed E-state index contributed by atoms with van der Waals surface area (Å²) in [6.45, 7) is 8.03. The summed E-state index contributed by atoms with van der Waals surface area (Å²) in [6, 6.07) is 0.356. The van der Waals surface area contributed by atoms with Crippen LogP contribution in [0.3, 0.4) is 0 Å². The van der Waals surface area contributed by atoms with Crippen molar-refractivity contribution in [1.82, 2.24) is 10.2 Å². The topological polar surface area (TPSA) is 67.6 Å². The fourth-order valence-electron chi connectivity index (χ4n) is 2.90. The molecule has 5 nitrogen and oxygen atoms in total. The van der Waals surface area contributed by atoms with Crippen molar-refractivity contribution < 1.29 is 9.53 Å². The Kier molecular flexibility index (Phi) is 4.25. The molecule has 2 rings (SSSR count). The Labute approximate surface area is 109 Å². The highest BCUT2D eigenvalue weighted by Gasteiger charge is 2.50. The molecule has 1 aliphatic heterocycles. The Morgan fingerprint density at radius 1 is 1.56 bits per heavy atom. The van der Waals surface area contributed by atoms with E-state index in [9.17, 15) is 4.79 Å². The Morgan fingerprint density at radius 3 is 2.78 bits per heavy atom. The molecule has 1 saturated heterocycles. The van der Waals surface area contributed by atoms with Gasteiger partial charge in [-0.2, -0.15) is 0 Å². The zero-order valence-corrected chi connectivity index (χ0v) is 11.4. The van der Waals surface area contributed by atoms with E-state index >= 15 is 0 Å². The number of amides is 1. The lowest BCUT2D eigenvalue weighted by atomic mass is 9.90. The highest BCUT2D eigenvalue weighted by molar-refractivity contribution is 5.86. The fraction of sp³-hybridized carbons (Fsp3) is 0.923. The molecule has 1 amide bonds. The van der Waals surface area contributed by atoms with E-state index in [0.29, 0.717) is 18.5 Å². The lowest BCUT2D eigenvalue weighted by Crippen LogP contribution is -2.65. The number of carbonyl (C=O) groups excluding carboxylic acids is 1. The molecule has 0 aromatic rings. The SMILES string of the molecule is CCNC(CN1CCOCC1C)(C(N)=O)C1CC1. The molecule has 0 aromatic carbocycles. The van der Waals surface area contributed by atoms with Crippen LogP contribution in [0.5, 0.6) is 0 Å². The molecule has 2 unspecified atom stereocenters. The smallest absolute Gasteiger partial charge is 0.239 e. The maximum atomic E-state index is 12.0. The van der Waals surface area contributed by atoms with Gasteiger partial charge in [0.1, 0.15) is 5.54 Å². The van der Waals surface area contributed by atoms with Gasteiger partial charge in [0.2, 0.25) is 5.91 Å². The van der Waals surface area contributed by atoms with E-state index in [4.69, 9.17) is 10.5 Å². The first-order valence-electron chi connectivity index (χ1n) is 6.97. The molecule has 3 N–H and O–H groups in total. The van der Waals surface area contributed by atoms with Gasteiger partial charge in [-0.3, -0.25) is 9.69 Å². The Morgan fingerprint density at radius 2 is 2.28 bits per heavy atom. The molecule has 0 spiro atoms.